The van der Waals surface area contributed by atoms with Gasteiger partial charge in [-0.05, 0) is 36.1 Å². The lowest BCUT2D eigenvalue weighted by atomic mass is 9.89. The third-order valence-corrected chi connectivity index (χ3v) is 4.55. The van der Waals surface area contributed by atoms with Crippen molar-refractivity contribution in [3.05, 3.63) is 76.5 Å². The van der Waals surface area contributed by atoms with Crippen molar-refractivity contribution < 1.29 is 14.7 Å². The number of rotatable bonds is 4. The number of hydrazone groups is 1. The minimum Gasteiger partial charge on any atom is -0.478 e. The third-order valence-electron chi connectivity index (χ3n) is 4.55. The van der Waals surface area contributed by atoms with E-state index in [2.05, 4.69) is 26.8 Å². The standard InChI is InChI=1S/C20H16N4O3/c25-19(24-21-11-12-5-7-14(8-6-12)20(26)27)18-16-10-9-13-3-1-2-4-15(13)17(16)22-23-18/h1-8,11H,9-10H2,(H,22,23)(H,24,25)(H,26,27)/b21-11+. The van der Waals surface area contributed by atoms with Crippen LogP contribution in [0.1, 0.15) is 37.5 Å². The van der Waals surface area contributed by atoms with Gasteiger partial charge in [0.2, 0.25) is 0 Å². The molecule has 0 bridgehead atoms. The van der Waals surface area contributed by atoms with Gasteiger partial charge in [-0.3, -0.25) is 9.89 Å². The van der Waals surface area contributed by atoms with E-state index in [1.54, 1.807) is 12.1 Å². The van der Waals surface area contributed by atoms with Crippen molar-refractivity contribution in [2.45, 2.75) is 12.8 Å². The number of aromatic amines is 1. The van der Waals surface area contributed by atoms with Crippen molar-refractivity contribution in [1.82, 2.24) is 15.6 Å². The quantitative estimate of drug-likeness (QED) is 0.491. The van der Waals surface area contributed by atoms with Crippen LogP contribution < -0.4 is 5.43 Å². The molecule has 3 N–H and O–H groups in total. The fourth-order valence-electron chi connectivity index (χ4n) is 3.18. The maximum Gasteiger partial charge on any atom is 0.335 e. The van der Waals surface area contributed by atoms with Crippen LogP contribution in [0.5, 0.6) is 0 Å². The third kappa shape index (κ3) is 3.22. The molecule has 1 aliphatic rings. The molecule has 3 aromatic rings. The number of carbonyl (C=O) groups is 2. The second kappa shape index (κ2) is 6.87. The number of aryl methyl sites for hydroxylation is 1. The predicted octanol–water partition coefficient (Wildman–Crippen LogP) is 2.64. The summed E-state index contributed by atoms with van der Waals surface area (Å²) < 4.78 is 0. The molecule has 0 spiro atoms. The summed E-state index contributed by atoms with van der Waals surface area (Å²) in [4.78, 5) is 23.3. The summed E-state index contributed by atoms with van der Waals surface area (Å²) in [6.07, 6.45) is 3.07. The molecule has 1 heterocycles. The largest absolute Gasteiger partial charge is 0.478 e. The minimum atomic E-state index is -0.989. The summed E-state index contributed by atoms with van der Waals surface area (Å²) in [5, 5.41) is 20.0. The molecule has 0 saturated carbocycles. The van der Waals surface area contributed by atoms with Gasteiger partial charge >= 0.3 is 5.97 Å². The first-order valence-electron chi connectivity index (χ1n) is 8.46. The Morgan fingerprint density at radius 1 is 1.11 bits per heavy atom. The highest BCUT2D eigenvalue weighted by molar-refractivity contribution is 5.96. The molecule has 0 fully saturated rings. The molecule has 1 amide bonds. The number of hydrogen-bond acceptors (Lipinski definition) is 4. The normalized spacial score (nSPS) is 12.4. The van der Waals surface area contributed by atoms with E-state index >= 15 is 0 Å². The Bertz CT molecular complexity index is 1050. The van der Waals surface area contributed by atoms with Crippen LogP contribution in [0.15, 0.2) is 53.6 Å². The zero-order chi connectivity index (χ0) is 18.8. The van der Waals surface area contributed by atoms with E-state index in [0.29, 0.717) is 11.3 Å². The Morgan fingerprint density at radius 2 is 1.89 bits per heavy atom. The Kier molecular flexibility index (Phi) is 4.25. The molecular weight excluding hydrogens is 344 g/mol. The molecule has 0 radical (unpaired) electrons. The van der Waals surface area contributed by atoms with E-state index in [0.717, 1.165) is 29.7 Å². The number of nitrogens with zero attached hydrogens (tertiary/aromatic N) is 2. The van der Waals surface area contributed by atoms with Gasteiger partial charge in [-0.15, -0.1) is 0 Å². The van der Waals surface area contributed by atoms with Gasteiger partial charge in [0.25, 0.3) is 5.91 Å². The minimum absolute atomic E-state index is 0.195. The average Bonchev–Trinajstić information content (AvgIpc) is 3.13. The highest BCUT2D eigenvalue weighted by atomic mass is 16.4. The van der Waals surface area contributed by atoms with Crippen molar-refractivity contribution in [2.75, 3.05) is 0 Å². The van der Waals surface area contributed by atoms with E-state index in [9.17, 15) is 9.59 Å². The summed E-state index contributed by atoms with van der Waals surface area (Å²) in [5.74, 6) is -1.35. The van der Waals surface area contributed by atoms with Gasteiger partial charge in [0.15, 0.2) is 0 Å². The first kappa shape index (κ1) is 16.7. The van der Waals surface area contributed by atoms with Gasteiger partial charge in [-0.2, -0.15) is 10.2 Å². The molecule has 0 atom stereocenters. The van der Waals surface area contributed by atoms with E-state index in [4.69, 9.17) is 5.11 Å². The van der Waals surface area contributed by atoms with Crippen LogP contribution in [0.2, 0.25) is 0 Å². The van der Waals surface area contributed by atoms with Gasteiger partial charge in [0.05, 0.1) is 17.5 Å². The molecule has 4 rings (SSSR count). The van der Waals surface area contributed by atoms with Gasteiger partial charge in [-0.25, -0.2) is 10.2 Å². The lowest BCUT2D eigenvalue weighted by molar-refractivity contribution is 0.0696. The monoisotopic (exact) mass is 360 g/mol. The fourth-order valence-corrected chi connectivity index (χ4v) is 3.18. The van der Waals surface area contributed by atoms with Crippen LogP contribution in [-0.2, 0) is 12.8 Å². The molecule has 0 unspecified atom stereocenters. The molecular formula is C20H16N4O3. The second-order valence-electron chi connectivity index (χ2n) is 6.21. The molecule has 0 saturated heterocycles. The number of aromatic carboxylic acids is 1. The van der Waals surface area contributed by atoms with Crippen molar-refractivity contribution >= 4 is 18.1 Å². The Balaban J connectivity index is 1.49. The molecule has 1 aliphatic carbocycles. The van der Waals surface area contributed by atoms with E-state index < -0.39 is 5.97 Å². The van der Waals surface area contributed by atoms with Crippen molar-refractivity contribution in [1.29, 1.82) is 0 Å². The smallest absolute Gasteiger partial charge is 0.335 e. The molecule has 1 aromatic heterocycles. The maximum absolute atomic E-state index is 12.4. The predicted molar refractivity (Wildman–Crippen MR) is 99.9 cm³/mol. The molecule has 134 valence electrons. The van der Waals surface area contributed by atoms with E-state index in [-0.39, 0.29) is 11.5 Å². The van der Waals surface area contributed by atoms with Crippen LogP contribution in [0, 0.1) is 0 Å². The highest BCUT2D eigenvalue weighted by Gasteiger charge is 2.24. The number of hydrogen-bond donors (Lipinski definition) is 3. The Hall–Kier alpha value is -3.74. The number of aromatic nitrogens is 2. The first-order chi connectivity index (χ1) is 13.1. The zero-order valence-electron chi connectivity index (χ0n) is 14.3. The number of carboxylic acids is 1. The lowest BCUT2D eigenvalue weighted by Gasteiger charge is -2.15. The van der Waals surface area contributed by atoms with Crippen LogP contribution in [0.3, 0.4) is 0 Å². The summed E-state index contributed by atoms with van der Waals surface area (Å²) in [5.41, 5.74) is 7.77. The van der Waals surface area contributed by atoms with Crippen molar-refractivity contribution in [2.24, 2.45) is 5.10 Å². The van der Waals surface area contributed by atoms with Crippen molar-refractivity contribution in [3.8, 4) is 11.3 Å². The molecule has 2 aromatic carbocycles. The summed E-state index contributed by atoms with van der Waals surface area (Å²) >= 11 is 0. The van der Waals surface area contributed by atoms with Gasteiger partial charge in [0, 0.05) is 11.1 Å². The van der Waals surface area contributed by atoms with E-state index in [1.807, 2.05) is 18.2 Å². The number of H-pyrrole nitrogens is 1. The van der Waals surface area contributed by atoms with Crippen LogP contribution in [-0.4, -0.2) is 33.4 Å². The number of nitrogens with one attached hydrogen (secondary N) is 2. The van der Waals surface area contributed by atoms with E-state index in [1.165, 1.54) is 23.9 Å². The fraction of sp³-hybridized carbons (Fsp3) is 0.100. The Morgan fingerprint density at radius 3 is 2.67 bits per heavy atom. The zero-order valence-corrected chi connectivity index (χ0v) is 14.3. The number of carboxylic acid groups (broad SMARTS) is 1. The Labute approximate surface area is 154 Å². The summed E-state index contributed by atoms with van der Waals surface area (Å²) in [6, 6.07) is 14.2. The van der Waals surface area contributed by atoms with Crippen LogP contribution >= 0.6 is 0 Å². The van der Waals surface area contributed by atoms with Gasteiger partial charge in [0.1, 0.15) is 5.69 Å². The number of amides is 1. The van der Waals surface area contributed by atoms with Gasteiger partial charge in [-0.1, -0.05) is 36.4 Å². The second-order valence-corrected chi connectivity index (χ2v) is 6.21. The van der Waals surface area contributed by atoms with Crippen LogP contribution in [0.25, 0.3) is 11.3 Å². The number of fused-ring (bicyclic) bond motifs is 3. The summed E-state index contributed by atoms with van der Waals surface area (Å²) in [7, 11) is 0. The first-order valence-corrected chi connectivity index (χ1v) is 8.46. The molecule has 0 aliphatic heterocycles. The highest BCUT2D eigenvalue weighted by Crippen LogP contribution is 2.33. The topological polar surface area (TPSA) is 107 Å². The van der Waals surface area contributed by atoms with Gasteiger partial charge < -0.3 is 5.11 Å². The molecule has 7 nitrogen and oxygen atoms in total. The molecule has 27 heavy (non-hydrogen) atoms. The SMILES string of the molecule is O=C(O)c1ccc(/C=N/NC(=O)c2[nH]nc3c2CCc2ccccc2-3)cc1. The van der Waals surface area contributed by atoms with Crippen molar-refractivity contribution in [3.63, 3.8) is 0 Å². The average molecular weight is 360 g/mol. The number of benzene rings is 2. The number of carbonyl (C=O) groups excluding carboxylic acids is 1. The maximum atomic E-state index is 12.4. The lowest BCUT2D eigenvalue weighted by Crippen LogP contribution is -2.20. The summed E-state index contributed by atoms with van der Waals surface area (Å²) in [6.45, 7) is 0. The molecule has 7 heteroatoms. The van der Waals surface area contributed by atoms with Crippen LogP contribution in [0.4, 0.5) is 0 Å².